The number of aromatic nitrogens is 1. The number of aryl methyl sites for hydroxylation is 1. The van der Waals surface area contributed by atoms with Gasteiger partial charge in [0.05, 0.1) is 18.4 Å². The summed E-state index contributed by atoms with van der Waals surface area (Å²) in [4.78, 5) is 33.3. The number of thiophene rings is 3. The van der Waals surface area contributed by atoms with Gasteiger partial charge in [-0.2, -0.15) is 5.26 Å². The summed E-state index contributed by atoms with van der Waals surface area (Å²) in [5.41, 5.74) is 15.1. The highest BCUT2D eigenvalue weighted by Gasteiger charge is 2.29. The zero-order valence-corrected chi connectivity index (χ0v) is 21.9. The van der Waals surface area contributed by atoms with Crippen LogP contribution >= 0.6 is 34.0 Å². The first kappa shape index (κ1) is 24.2. The number of nitrogen functional groups attached to an aromatic ring is 2. The van der Waals surface area contributed by atoms with E-state index in [1.807, 2.05) is 17.5 Å². The molecular formula is C25H23N5O3S3. The zero-order valence-electron chi connectivity index (χ0n) is 19.5. The van der Waals surface area contributed by atoms with Gasteiger partial charge >= 0.3 is 5.97 Å². The van der Waals surface area contributed by atoms with Gasteiger partial charge in [0.2, 0.25) is 0 Å². The van der Waals surface area contributed by atoms with E-state index in [0.717, 1.165) is 65.2 Å². The molecule has 0 saturated carbocycles. The molecule has 0 fully saturated rings. The average Bonchev–Trinajstić information content (AvgIpc) is 3.56. The standard InChI is InChI=1S/C25H23N5O3S3/c1-33-25(32)17-12-7-4-2-3-5-8-14(12)35-23(17)30-22(31)20-19(27)18-16(15-9-6-10-34-15)13(11-26)21(28)29-24(18)36-20/h6,9-10H,2-5,7-8,27H2,1H3,(H2,28,29)(H,30,31). The summed E-state index contributed by atoms with van der Waals surface area (Å²) in [5.74, 6) is -0.808. The van der Waals surface area contributed by atoms with Crippen LogP contribution < -0.4 is 16.8 Å². The quantitative estimate of drug-likeness (QED) is 0.278. The molecule has 4 aromatic rings. The van der Waals surface area contributed by atoms with Gasteiger partial charge in [0, 0.05) is 20.7 Å². The molecule has 1 aliphatic rings. The van der Waals surface area contributed by atoms with Crippen LogP contribution in [0.1, 0.15) is 61.7 Å². The fourth-order valence-electron chi connectivity index (χ4n) is 4.60. The Morgan fingerprint density at radius 3 is 2.64 bits per heavy atom. The smallest absolute Gasteiger partial charge is 0.341 e. The van der Waals surface area contributed by atoms with Gasteiger partial charge in [-0.25, -0.2) is 9.78 Å². The summed E-state index contributed by atoms with van der Waals surface area (Å²) in [6, 6.07) is 5.88. The van der Waals surface area contributed by atoms with Crippen LogP contribution in [-0.4, -0.2) is 24.0 Å². The van der Waals surface area contributed by atoms with Gasteiger partial charge in [-0.15, -0.1) is 34.0 Å². The number of nitrogens with zero attached hydrogens (tertiary/aromatic N) is 2. The summed E-state index contributed by atoms with van der Waals surface area (Å²) >= 11 is 3.99. The zero-order chi connectivity index (χ0) is 25.4. The average molecular weight is 538 g/mol. The van der Waals surface area contributed by atoms with Gasteiger partial charge in [0.25, 0.3) is 5.91 Å². The first-order valence-electron chi connectivity index (χ1n) is 11.4. The Labute approximate surface area is 219 Å². The number of carbonyl (C=O) groups is 2. The van der Waals surface area contributed by atoms with Crippen molar-refractivity contribution in [3.8, 4) is 16.5 Å². The predicted molar refractivity (Wildman–Crippen MR) is 146 cm³/mol. The van der Waals surface area contributed by atoms with E-state index in [-0.39, 0.29) is 21.9 Å². The second kappa shape index (κ2) is 9.89. The number of anilines is 3. The van der Waals surface area contributed by atoms with E-state index in [9.17, 15) is 14.9 Å². The molecule has 0 unspecified atom stereocenters. The van der Waals surface area contributed by atoms with Crippen LogP contribution in [0.5, 0.6) is 0 Å². The number of amides is 1. The van der Waals surface area contributed by atoms with Crippen molar-refractivity contribution in [1.82, 2.24) is 4.98 Å². The lowest BCUT2D eigenvalue weighted by Crippen LogP contribution is -2.15. The Kier molecular flexibility index (Phi) is 6.66. The summed E-state index contributed by atoms with van der Waals surface area (Å²) in [7, 11) is 1.35. The Bertz CT molecular complexity index is 1530. The van der Waals surface area contributed by atoms with E-state index in [0.29, 0.717) is 26.3 Å². The molecule has 1 amide bonds. The predicted octanol–water partition coefficient (Wildman–Crippen LogP) is 5.82. The highest BCUT2D eigenvalue weighted by Crippen LogP contribution is 2.44. The third kappa shape index (κ3) is 4.11. The van der Waals surface area contributed by atoms with Crippen LogP contribution in [0.3, 0.4) is 0 Å². The van der Waals surface area contributed by atoms with Gasteiger partial charge < -0.3 is 21.5 Å². The molecule has 0 aromatic carbocycles. The Hall–Kier alpha value is -3.46. The molecule has 184 valence electrons. The van der Waals surface area contributed by atoms with Crippen molar-refractivity contribution in [3.63, 3.8) is 0 Å². The molecule has 0 radical (unpaired) electrons. The molecule has 0 atom stereocenters. The molecule has 0 spiro atoms. The summed E-state index contributed by atoms with van der Waals surface area (Å²) in [6.45, 7) is 0. The van der Waals surface area contributed by atoms with Crippen LogP contribution in [0, 0.1) is 11.3 Å². The highest BCUT2D eigenvalue weighted by molar-refractivity contribution is 7.22. The summed E-state index contributed by atoms with van der Waals surface area (Å²) in [6.07, 6.45) is 5.95. The van der Waals surface area contributed by atoms with Gasteiger partial charge in [0.1, 0.15) is 32.2 Å². The molecule has 0 aliphatic heterocycles. The maximum atomic E-state index is 13.5. The van der Waals surface area contributed by atoms with Gasteiger partial charge in [0.15, 0.2) is 0 Å². The number of carbonyl (C=O) groups excluding carboxylic acids is 2. The minimum Gasteiger partial charge on any atom is -0.465 e. The number of fused-ring (bicyclic) bond motifs is 2. The van der Waals surface area contributed by atoms with Crippen molar-refractivity contribution < 1.29 is 14.3 Å². The highest BCUT2D eigenvalue weighted by atomic mass is 32.1. The topological polar surface area (TPSA) is 144 Å². The first-order valence-corrected chi connectivity index (χ1v) is 14.0. The number of hydrogen-bond acceptors (Lipinski definition) is 10. The van der Waals surface area contributed by atoms with Crippen LogP contribution in [0.2, 0.25) is 0 Å². The summed E-state index contributed by atoms with van der Waals surface area (Å²) in [5, 5.41) is 15.6. The monoisotopic (exact) mass is 537 g/mol. The molecule has 4 aromatic heterocycles. The molecule has 0 saturated heterocycles. The molecule has 36 heavy (non-hydrogen) atoms. The fraction of sp³-hybridized carbons (Fsp3) is 0.280. The first-order chi connectivity index (χ1) is 17.4. The Morgan fingerprint density at radius 2 is 1.94 bits per heavy atom. The molecule has 5 rings (SSSR count). The van der Waals surface area contributed by atoms with E-state index < -0.39 is 11.9 Å². The summed E-state index contributed by atoms with van der Waals surface area (Å²) < 4.78 is 5.07. The van der Waals surface area contributed by atoms with E-state index in [1.165, 1.54) is 29.8 Å². The molecule has 8 nitrogen and oxygen atoms in total. The van der Waals surface area contributed by atoms with Crippen molar-refractivity contribution in [2.75, 3.05) is 23.9 Å². The molecule has 1 aliphatic carbocycles. The van der Waals surface area contributed by atoms with E-state index >= 15 is 0 Å². The van der Waals surface area contributed by atoms with Crippen molar-refractivity contribution in [2.45, 2.75) is 38.5 Å². The number of ether oxygens (including phenoxy) is 1. The number of esters is 1. The van der Waals surface area contributed by atoms with Gasteiger partial charge in [-0.3, -0.25) is 4.79 Å². The Morgan fingerprint density at radius 1 is 1.17 bits per heavy atom. The lowest BCUT2D eigenvalue weighted by atomic mass is 9.96. The van der Waals surface area contributed by atoms with Crippen LogP contribution in [0.15, 0.2) is 17.5 Å². The molecule has 5 N–H and O–H groups in total. The van der Waals surface area contributed by atoms with Crippen molar-refractivity contribution in [1.29, 1.82) is 5.26 Å². The van der Waals surface area contributed by atoms with Crippen molar-refractivity contribution in [2.24, 2.45) is 0 Å². The number of nitrogens with one attached hydrogen (secondary N) is 1. The SMILES string of the molecule is COC(=O)c1c(NC(=O)c2sc3nc(N)c(C#N)c(-c4cccs4)c3c2N)sc2c1CCCCCC2. The van der Waals surface area contributed by atoms with E-state index in [4.69, 9.17) is 16.2 Å². The molecule has 4 heterocycles. The normalized spacial score (nSPS) is 13.4. The second-order valence-corrected chi connectivity index (χ2v) is 11.5. The molecular weight excluding hydrogens is 515 g/mol. The number of nitriles is 1. The van der Waals surface area contributed by atoms with Crippen molar-refractivity contribution in [3.05, 3.63) is 44.0 Å². The minimum absolute atomic E-state index is 0.0904. The number of hydrogen-bond donors (Lipinski definition) is 3. The number of methoxy groups -OCH3 is 1. The second-order valence-electron chi connectivity index (χ2n) is 8.43. The number of nitrogens with two attached hydrogens (primary N) is 2. The maximum Gasteiger partial charge on any atom is 0.341 e. The molecule has 11 heteroatoms. The number of pyridine rings is 1. The molecule has 0 bridgehead atoms. The fourth-order valence-corrected chi connectivity index (χ4v) is 7.67. The number of rotatable bonds is 4. The third-order valence-corrected chi connectivity index (χ3v) is 9.47. The van der Waals surface area contributed by atoms with Crippen LogP contribution in [0.4, 0.5) is 16.5 Å². The maximum absolute atomic E-state index is 13.5. The van der Waals surface area contributed by atoms with Crippen LogP contribution in [0.25, 0.3) is 20.7 Å². The van der Waals surface area contributed by atoms with E-state index in [2.05, 4.69) is 16.4 Å². The largest absolute Gasteiger partial charge is 0.465 e. The lowest BCUT2D eigenvalue weighted by Gasteiger charge is -2.11. The lowest BCUT2D eigenvalue weighted by molar-refractivity contribution is 0.0601. The van der Waals surface area contributed by atoms with Gasteiger partial charge in [-0.1, -0.05) is 18.9 Å². The van der Waals surface area contributed by atoms with Gasteiger partial charge in [-0.05, 0) is 42.7 Å². The minimum atomic E-state index is -0.458. The third-order valence-electron chi connectivity index (χ3n) is 6.28. The van der Waals surface area contributed by atoms with Crippen molar-refractivity contribution >= 4 is 72.6 Å². The Balaban J connectivity index is 1.60. The van der Waals surface area contributed by atoms with Crippen LogP contribution in [-0.2, 0) is 17.6 Å². The van der Waals surface area contributed by atoms with E-state index in [1.54, 1.807) is 0 Å².